The van der Waals surface area contributed by atoms with Crippen LogP contribution in [0.2, 0.25) is 0 Å². The first kappa shape index (κ1) is 40.7. The van der Waals surface area contributed by atoms with Crippen molar-refractivity contribution in [2.24, 2.45) is 5.92 Å². The van der Waals surface area contributed by atoms with Crippen LogP contribution in [0, 0.1) is 5.92 Å². The van der Waals surface area contributed by atoms with Gasteiger partial charge in [0.05, 0.1) is 30.0 Å². The third kappa shape index (κ3) is 8.36. The Balaban J connectivity index is 1.06. The predicted octanol–water partition coefficient (Wildman–Crippen LogP) is 4.95. The Hall–Kier alpha value is -5.71. The average molecular weight is 854 g/mol. The number of sulfonamides is 1. The van der Waals surface area contributed by atoms with Crippen LogP contribution < -0.4 is 24.8 Å². The Bertz CT molecular complexity index is 2480. The molecule has 3 aliphatic carbocycles. The monoisotopic (exact) mass is 853 g/mol. The number of carbonyl (C=O) groups is 4. The molecule has 16 nitrogen and oxygen atoms in total. The smallest absolute Gasteiger partial charge is 0.408 e. The molecule has 5 atom stereocenters. The van der Waals surface area contributed by atoms with Gasteiger partial charge in [-0.15, -0.1) is 0 Å². The largest absolute Gasteiger partial charge is 0.494 e. The van der Waals surface area contributed by atoms with Crippen molar-refractivity contribution < 1.29 is 41.8 Å². The number of allylic oxidation sites excluding steroid dienone is 1. The van der Waals surface area contributed by atoms with Gasteiger partial charge in [0.2, 0.25) is 27.7 Å². The number of fused-ring (bicyclic) bond motifs is 5. The molecule has 3 N–H and O–H groups in total. The molecule has 3 saturated carbocycles. The molecule has 61 heavy (non-hydrogen) atoms. The fourth-order valence-electron chi connectivity index (χ4n) is 9.01. The molecule has 4 aromatic rings. The Kier molecular flexibility index (Phi) is 11.1. The van der Waals surface area contributed by atoms with Crippen LogP contribution >= 0.6 is 0 Å². The summed E-state index contributed by atoms with van der Waals surface area (Å²) in [6.45, 7) is -0.0417. The number of nitrogens with one attached hydrogen (secondary N) is 3. The molecule has 0 radical (unpaired) electrons. The number of carbonyl (C=O) groups excluding carboxylic acids is 4. The molecule has 2 aliphatic heterocycles. The lowest BCUT2D eigenvalue weighted by molar-refractivity contribution is -0.141. The first-order chi connectivity index (χ1) is 29.5. The highest BCUT2D eigenvalue weighted by Gasteiger charge is 2.62. The van der Waals surface area contributed by atoms with Crippen LogP contribution in [0.1, 0.15) is 83.5 Å². The third-order valence-corrected chi connectivity index (χ3v) is 14.4. The van der Waals surface area contributed by atoms with Crippen LogP contribution in [0.3, 0.4) is 0 Å². The Morgan fingerprint density at radius 2 is 1.72 bits per heavy atom. The van der Waals surface area contributed by atoms with Gasteiger partial charge in [-0.2, -0.15) is 9.61 Å². The molecule has 0 spiro atoms. The van der Waals surface area contributed by atoms with Crippen molar-refractivity contribution in [2.45, 2.75) is 119 Å². The maximum absolute atomic E-state index is 14.8. The minimum absolute atomic E-state index is 0.0178. The molecule has 17 heteroatoms. The summed E-state index contributed by atoms with van der Waals surface area (Å²) in [6.07, 6.45) is 9.97. The summed E-state index contributed by atoms with van der Waals surface area (Å²) in [5.41, 5.74) is 1.00. The van der Waals surface area contributed by atoms with E-state index in [0.717, 1.165) is 49.5 Å². The molecule has 4 heterocycles. The van der Waals surface area contributed by atoms with Crippen molar-refractivity contribution in [3.63, 3.8) is 0 Å². The van der Waals surface area contributed by atoms with Gasteiger partial charge < -0.3 is 29.7 Å². The van der Waals surface area contributed by atoms with Gasteiger partial charge in [0.15, 0.2) is 5.65 Å². The summed E-state index contributed by atoms with van der Waals surface area (Å²) >= 11 is 0. The number of nitrogens with zero attached hydrogens (tertiary/aromatic N) is 4. The van der Waals surface area contributed by atoms with E-state index in [1.807, 2.05) is 60.7 Å². The summed E-state index contributed by atoms with van der Waals surface area (Å²) in [5.74, 6) is -1.49. The Morgan fingerprint density at radius 3 is 2.49 bits per heavy atom. The second-order valence-corrected chi connectivity index (χ2v) is 18.9. The molecule has 9 rings (SSSR count). The lowest BCUT2D eigenvalue weighted by Gasteiger charge is -2.30. The number of aromatic nitrogens is 3. The van der Waals surface area contributed by atoms with Gasteiger partial charge >= 0.3 is 6.09 Å². The normalized spacial score (nSPS) is 26.7. The van der Waals surface area contributed by atoms with Crippen LogP contribution in [0.25, 0.3) is 27.8 Å². The number of ether oxygens (including phenoxy) is 3. The summed E-state index contributed by atoms with van der Waals surface area (Å²) in [6, 6.07) is 14.8. The maximum Gasteiger partial charge on any atom is 0.408 e. The van der Waals surface area contributed by atoms with Gasteiger partial charge in [-0.1, -0.05) is 61.4 Å². The van der Waals surface area contributed by atoms with Crippen LogP contribution in [-0.2, 0) is 29.1 Å². The van der Waals surface area contributed by atoms with E-state index in [0.29, 0.717) is 60.6 Å². The molecule has 0 unspecified atom stereocenters. The number of benzene rings is 2. The van der Waals surface area contributed by atoms with Crippen LogP contribution in [0.15, 0.2) is 66.7 Å². The van der Waals surface area contributed by atoms with Gasteiger partial charge in [-0.3, -0.25) is 19.1 Å². The second-order valence-electron chi connectivity index (χ2n) is 16.9. The number of hydrogen-bond donors (Lipinski definition) is 3. The molecular formula is C44H51N7O9S. The number of hydrogen-bond acceptors (Lipinski definition) is 11. The van der Waals surface area contributed by atoms with E-state index in [2.05, 4.69) is 15.4 Å². The molecule has 5 aliphatic rings. The Labute approximate surface area is 353 Å². The van der Waals surface area contributed by atoms with Crippen molar-refractivity contribution in [3.05, 3.63) is 66.7 Å². The summed E-state index contributed by atoms with van der Waals surface area (Å²) < 4.78 is 47.9. The molecule has 2 aromatic heterocycles. The SMILES string of the molecule is COc1cccc2c1nn1c(O[C@@H]3C[C@H]4C(=O)N[C@]5(C(=O)NS(=O)(=O)C6CC6)C[C@H]5/C=C\CCCCC[C@H](NC(=O)OC5CCCC5)C(=O)N4C3)cc(-c3ccccc3)nc21. The van der Waals surface area contributed by atoms with E-state index in [-0.39, 0.29) is 25.5 Å². The topological polar surface area (TPSA) is 200 Å². The highest BCUT2D eigenvalue weighted by molar-refractivity contribution is 7.91. The van der Waals surface area contributed by atoms with Gasteiger partial charge in [-0.25, -0.2) is 18.2 Å². The number of alkyl carbamates (subject to hydrolysis) is 1. The van der Waals surface area contributed by atoms with E-state index >= 15 is 0 Å². The standard InChI is InChI=1S/C44H51N7O9S/c1-58-36-20-12-18-32-38(36)48-51-37(24-34(45-39(32)51)27-13-6-5-7-14-27)59-30-23-35-40(52)47-44(42(54)49-61(56,57)31-21-22-31)25-28(44)15-8-3-2-4-9-19-33(41(53)50(35)26-30)46-43(55)60-29-16-10-11-17-29/h5-8,12-15,18,20,24,28-31,33,35H,2-4,9-11,16-17,19,21-23,25-26H2,1H3,(H,46,55)(H,47,52)(H,49,54)/b15-8-/t28-,30-,33+,35+,44-/m1/s1. The summed E-state index contributed by atoms with van der Waals surface area (Å²) in [7, 11) is -2.35. The van der Waals surface area contributed by atoms with E-state index in [4.69, 9.17) is 24.3 Å². The van der Waals surface area contributed by atoms with Crippen molar-refractivity contribution in [1.29, 1.82) is 0 Å². The summed E-state index contributed by atoms with van der Waals surface area (Å²) in [5, 5.41) is 10.7. The minimum Gasteiger partial charge on any atom is -0.494 e. The number of methoxy groups -OCH3 is 1. The molecule has 2 aromatic carbocycles. The van der Waals surface area contributed by atoms with E-state index in [1.165, 1.54) is 4.90 Å². The number of rotatable bonds is 9. The molecule has 4 fully saturated rings. The zero-order valence-electron chi connectivity index (χ0n) is 34.1. The van der Waals surface area contributed by atoms with Gasteiger partial charge in [0, 0.05) is 24.0 Å². The van der Waals surface area contributed by atoms with Crippen LogP contribution in [0.4, 0.5) is 4.79 Å². The first-order valence-corrected chi connectivity index (χ1v) is 23.0. The molecule has 322 valence electrons. The Morgan fingerprint density at radius 1 is 0.934 bits per heavy atom. The van der Waals surface area contributed by atoms with Gasteiger partial charge in [0.1, 0.15) is 41.1 Å². The second kappa shape index (κ2) is 16.6. The highest BCUT2D eigenvalue weighted by atomic mass is 32.2. The fourth-order valence-corrected chi connectivity index (χ4v) is 10.4. The molecule has 1 saturated heterocycles. The molecule has 4 amide bonds. The van der Waals surface area contributed by atoms with Crippen molar-refractivity contribution in [1.82, 2.24) is 34.9 Å². The lowest BCUT2D eigenvalue weighted by atomic mass is 10.0. The lowest BCUT2D eigenvalue weighted by Crippen LogP contribution is -2.58. The quantitative estimate of drug-likeness (QED) is 0.193. The highest BCUT2D eigenvalue weighted by Crippen LogP contribution is 2.46. The van der Waals surface area contributed by atoms with Crippen LogP contribution in [-0.4, -0.2) is 100 Å². The van der Waals surface area contributed by atoms with Crippen molar-refractivity contribution in [2.75, 3.05) is 13.7 Å². The zero-order chi connectivity index (χ0) is 42.3. The van der Waals surface area contributed by atoms with E-state index < -0.39 is 68.7 Å². The third-order valence-electron chi connectivity index (χ3n) is 12.6. The maximum atomic E-state index is 14.8. The molecule has 0 bridgehead atoms. The van der Waals surface area contributed by atoms with Crippen LogP contribution in [0.5, 0.6) is 11.6 Å². The van der Waals surface area contributed by atoms with Gasteiger partial charge in [0.25, 0.3) is 5.91 Å². The predicted molar refractivity (Wildman–Crippen MR) is 224 cm³/mol. The first-order valence-electron chi connectivity index (χ1n) is 21.4. The van der Waals surface area contributed by atoms with Crippen molar-refractivity contribution in [3.8, 4) is 22.9 Å². The zero-order valence-corrected chi connectivity index (χ0v) is 34.9. The summed E-state index contributed by atoms with van der Waals surface area (Å²) in [4.78, 5) is 63.0. The van der Waals surface area contributed by atoms with E-state index in [9.17, 15) is 27.6 Å². The van der Waals surface area contributed by atoms with Crippen molar-refractivity contribution >= 4 is 50.4 Å². The van der Waals surface area contributed by atoms with E-state index in [1.54, 1.807) is 17.7 Å². The fraction of sp³-hybridized carbons (Fsp3) is 0.500. The number of amides is 4. The van der Waals surface area contributed by atoms with Gasteiger partial charge in [-0.05, 0) is 76.3 Å². The average Bonchev–Trinajstić information content (AvgIpc) is 4.06. The minimum atomic E-state index is -3.92. The molecular weight excluding hydrogens is 803 g/mol.